The number of ketones is 1. The Labute approximate surface area is 65.7 Å². The molecule has 0 heterocycles. The summed E-state index contributed by atoms with van der Waals surface area (Å²) in [7, 11) is 1.51. The number of allylic oxidation sites excluding steroid dienone is 1. The number of carbonyl (C=O) groups excluding carboxylic acids is 1. The van der Waals surface area contributed by atoms with Crippen molar-refractivity contribution >= 4 is 5.78 Å². The molecule has 11 heavy (non-hydrogen) atoms. The van der Waals surface area contributed by atoms with E-state index in [4.69, 9.17) is 9.84 Å². The standard InChI is InChI=1S/C8H12O3/c1-5-6(4-9)8(11-2)3-7(5)10/h3,5-6,9H,4H2,1-2H3/t5-,6-/m0/s1. The van der Waals surface area contributed by atoms with Crippen molar-refractivity contribution in [2.24, 2.45) is 11.8 Å². The molecule has 0 aromatic rings. The van der Waals surface area contributed by atoms with E-state index in [0.717, 1.165) is 0 Å². The number of hydrogen-bond donors (Lipinski definition) is 1. The third kappa shape index (κ3) is 1.28. The van der Waals surface area contributed by atoms with Gasteiger partial charge in [-0.1, -0.05) is 6.92 Å². The number of carbonyl (C=O) groups is 1. The van der Waals surface area contributed by atoms with Crippen molar-refractivity contribution in [1.82, 2.24) is 0 Å². The van der Waals surface area contributed by atoms with Gasteiger partial charge in [-0.3, -0.25) is 4.79 Å². The number of ether oxygens (including phenoxy) is 1. The molecule has 0 bridgehead atoms. The van der Waals surface area contributed by atoms with Gasteiger partial charge < -0.3 is 9.84 Å². The van der Waals surface area contributed by atoms with Crippen LogP contribution in [-0.2, 0) is 9.53 Å². The maximum atomic E-state index is 11.0. The molecule has 1 rings (SSSR count). The van der Waals surface area contributed by atoms with E-state index in [9.17, 15) is 4.79 Å². The summed E-state index contributed by atoms with van der Waals surface area (Å²) in [6.45, 7) is 1.78. The highest BCUT2D eigenvalue weighted by Crippen LogP contribution is 2.28. The molecule has 0 aromatic heterocycles. The van der Waals surface area contributed by atoms with Crippen LogP contribution in [0.15, 0.2) is 11.8 Å². The fourth-order valence-corrected chi connectivity index (χ4v) is 1.28. The zero-order chi connectivity index (χ0) is 8.43. The third-order valence-corrected chi connectivity index (χ3v) is 2.13. The summed E-state index contributed by atoms with van der Waals surface area (Å²) in [6.07, 6.45) is 1.46. The van der Waals surface area contributed by atoms with Crippen molar-refractivity contribution in [1.29, 1.82) is 0 Å². The predicted molar refractivity (Wildman–Crippen MR) is 39.8 cm³/mol. The number of hydrogen-bond acceptors (Lipinski definition) is 3. The van der Waals surface area contributed by atoms with Gasteiger partial charge in [0.25, 0.3) is 0 Å². The molecule has 62 valence electrons. The van der Waals surface area contributed by atoms with E-state index < -0.39 is 0 Å². The molecule has 3 heteroatoms. The van der Waals surface area contributed by atoms with E-state index in [1.807, 2.05) is 0 Å². The van der Waals surface area contributed by atoms with Gasteiger partial charge in [-0.25, -0.2) is 0 Å². The van der Waals surface area contributed by atoms with Gasteiger partial charge in [-0.2, -0.15) is 0 Å². The van der Waals surface area contributed by atoms with Crippen LogP contribution in [0.5, 0.6) is 0 Å². The summed E-state index contributed by atoms with van der Waals surface area (Å²) in [5.41, 5.74) is 0. The molecule has 0 saturated heterocycles. The molecule has 2 atom stereocenters. The van der Waals surface area contributed by atoms with Gasteiger partial charge in [0.05, 0.1) is 13.7 Å². The third-order valence-electron chi connectivity index (χ3n) is 2.13. The van der Waals surface area contributed by atoms with Crippen molar-refractivity contribution < 1.29 is 14.6 Å². The monoisotopic (exact) mass is 156 g/mol. The maximum Gasteiger partial charge on any atom is 0.162 e. The first kappa shape index (κ1) is 8.27. The molecular formula is C8H12O3. The van der Waals surface area contributed by atoms with Crippen LogP contribution >= 0.6 is 0 Å². The summed E-state index contributed by atoms with van der Waals surface area (Å²) in [6, 6.07) is 0. The summed E-state index contributed by atoms with van der Waals surface area (Å²) in [5.74, 6) is 0.383. The summed E-state index contributed by atoms with van der Waals surface area (Å²) >= 11 is 0. The normalized spacial score (nSPS) is 30.5. The van der Waals surface area contributed by atoms with Crippen LogP contribution in [0.25, 0.3) is 0 Å². The minimum Gasteiger partial charge on any atom is -0.501 e. The SMILES string of the molecule is COC1=CC(=O)[C@@H](C)[C@@H]1CO. The smallest absolute Gasteiger partial charge is 0.162 e. The molecule has 1 aliphatic carbocycles. The average molecular weight is 156 g/mol. The summed E-state index contributed by atoms with van der Waals surface area (Å²) in [5, 5.41) is 8.88. The summed E-state index contributed by atoms with van der Waals surface area (Å²) < 4.78 is 4.94. The molecule has 1 N–H and O–H groups in total. The van der Waals surface area contributed by atoms with Crippen molar-refractivity contribution in [2.75, 3.05) is 13.7 Å². The van der Waals surface area contributed by atoms with Crippen LogP contribution in [0.3, 0.4) is 0 Å². The van der Waals surface area contributed by atoms with Gasteiger partial charge in [-0.15, -0.1) is 0 Å². The molecule has 0 unspecified atom stereocenters. The Kier molecular flexibility index (Phi) is 2.29. The fourth-order valence-electron chi connectivity index (χ4n) is 1.28. The fraction of sp³-hybridized carbons (Fsp3) is 0.625. The first-order valence-electron chi connectivity index (χ1n) is 3.61. The van der Waals surface area contributed by atoms with Crippen molar-refractivity contribution in [2.45, 2.75) is 6.92 Å². The van der Waals surface area contributed by atoms with Crippen LogP contribution < -0.4 is 0 Å². The second kappa shape index (κ2) is 3.05. The van der Waals surface area contributed by atoms with Crippen LogP contribution in [0.1, 0.15) is 6.92 Å². The molecule has 1 aliphatic rings. The van der Waals surface area contributed by atoms with Crippen molar-refractivity contribution in [3.05, 3.63) is 11.8 Å². The number of aliphatic hydroxyl groups excluding tert-OH is 1. The molecule has 0 aliphatic heterocycles. The van der Waals surface area contributed by atoms with E-state index in [2.05, 4.69) is 0 Å². The van der Waals surface area contributed by atoms with Gasteiger partial charge in [0.2, 0.25) is 0 Å². The molecule has 0 saturated carbocycles. The highest BCUT2D eigenvalue weighted by atomic mass is 16.5. The Balaban J connectivity index is 2.78. The Morgan fingerprint density at radius 3 is 2.73 bits per heavy atom. The Bertz CT molecular complexity index is 196. The molecule has 0 amide bonds. The lowest BCUT2D eigenvalue weighted by molar-refractivity contribution is -0.118. The molecule has 0 fully saturated rings. The zero-order valence-corrected chi connectivity index (χ0v) is 6.70. The largest absolute Gasteiger partial charge is 0.501 e. The van der Waals surface area contributed by atoms with Crippen LogP contribution in [-0.4, -0.2) is 24.6 Å². The van der Waals surface area contributed by atoms with Crippen LogP contribution in [0.4, 0.5) is 0 Å². The molecule has 0 radical (unpaired) electrons. The number of aliphatic hydroxyl groups is 1. The van der Waals surface area contributed by atoms with E-state index in [0.29, 0.717) is 5.76 Å². The van der Waals surface area contributed by atoms with Crippen molar-refractivity contribution in [3.8, 4) is 0 Å². The topological polar surface area (TPSA) is 46.5 Å². The Morgan fingerprint density at radius 1 is 1.73 bits per heavy atom. The first-order valence-corrected chi connectivity index (χ1v) is 3.61. The van der Waals surface area contributed by atoms with E-state index in [1.54, 1.807) is 6.92 Å². The highest BCUT2D eigenvalue weighted by Gasteiger charge is 2.32. The lowest BCUT2D eigenvalue weighted by Crippen LogP contribution is -2.17. The second-order valence-corrected chi connectivity index (χ2v) is 2.73. The number of rotatable bonds is 2. The average Bonchev–Trinajstić information content (AvgIpc) is 2.28. The van der Waals surface area contributed by atoms with Gasteiger partial charge in [0.15, 0.2) is 5.78 Å². The van der Waals surface area contributed by atoms with E-state index in [-0.39, 0.29) is 24.2 Å². The predicted octanol–water partition coefficient (Wildman–Crippen LogP) is 0.344. The van der Waals surface area contributed by atoms with Gasteiger partial charge >= 0.3 is 0 Å². The van der Waals surface area contributed by atoms with Crippen molar-refractivity contribution in [3.63, 3.8) is 0 Å². The molecular weight excluding hydrogens is 144 g/mol. The zero-order valence-electron chi connectivity index (χ0n) is 6.70. The molecule has 0 aromatic carbocycles. The number of methoxy groups -OCH3 is 1. The second-order valence-electron chi connectivity index (χ2n) is 2.73. The van der Waals surface area contributed by atoms with E-state index in [1.165, 1.54) is 13.2 Å². The van der Waals surface area contributed by atoms with Crippen LogP contribution in [0.2, 0.25) is 0 Å². The lowest BCUT2D eigenvalue weighted by Gasteiger charge is -2.13. The van der Waals surface area contributed by atoms with Gasteiger partial charge in [-0.05, 0) is 0 Å². The first-order chi connectivity index (χ1) is 5.20. The minimum absolute atomic E-state index is 0.0212. The van der Waals surface area contributed by atoms with Gasteiger partial charge in [0, 0.05) is 17.9 Å². The molecule has 0 spiro atoms. The highest BCUT2D eigenvalue weighted by molar-refractivity contribution is 5.95. The Morgan fingerprint density at radius 2 is 2.36 bits per heavy atom. The maximum absolute atomic E-state index is 11.0. The van der Waals surface area contributed by atoms with Crippen LogP contribution in [0, 0.1) is 11.8 Å². The summed E-state index contributed by atoms with van der Waals surface area (Å²) in [4.78, 5) is 11.0. The molecule has 3 nitrogen and oxygen atoms in total. The van der Waals surface area contributed by atoms with Gasteiger partial charge in [0.1, 0.15) is 5.76 Å². The quantitative estimate of drug-likeness (QED) is 0.627. The minimum atomic E-state index is -0.132. The lowest BCUT2D eigenvalue weighted by atomic mass is 9.97. The van der Waals surface area contributed by atoms with E-state index >= 15 is 0 Å². The Hall–Kier alpha value is -0.830.